The van der Waals surface area contributed by atoms with E-state index >= 15 is 0 Å². The molecular formula is C17H25N3O3S. The van der Waals surface area contributed by atoms with Gasteiger partial charge in [0.1, 0.15) is 0 Å². The van der Waals surface area contributed by atoms with Crippen LogP contribution in [0.5, 0.6) is 0 Å². The van der Waals surface area contributed by atoms with Gasteiger partial charge in [-0.25, -0.2) is 4.98 Å². The summed E-state index contributed by atoms with van der Waals surface area (Å²) in [5.74, 6) is -0.0294. The van der Waals surface area contributed by atoms with Gasteiger partial charge in [0.2, 0.25) is 11.8 Å². The maximum Gasteiger partial charge on any atom is 0.229 e. The number of nitrogens with one attached hydrogen (secondary N) is 1. The van der Waals surface area contributed by atoms with E-state index in [1.54, 1.807) is 0 Å². The van der Waals surface area contributed by atoms with Crippen LogP contribution >= 0.6 is 11.3 Å². The number of rotatable bonds is 4. The third kappa shape index (κ3) is 3.95. The molecule has 0 unspecified atom stereocenters. The average molecular weight is 351 g/mol. The molecule has 3 rings (SSSR count). The van der Waals surface area contributed by atoms with Crippen LogP contribution in [0.25, 0.3) is 0 Å². The molecule has 1 aliphatic heterocycles. The molecule has 2 amide bonds. The van der Waals surface area contributed by atoms with Crippen molar-refractivity contribution in [1.82, 2.24) is 9.88 Å². The molecule has 2 heterocycles. The van der Waals surface area contributed by atoms with Gasteiger partial charge in [-0.15, -0.1) is 11.3 Å². The number of fused-ring (bicyclic) bond motifs is 1. The number of ether oxygens (including phenoxy) is 1. The summed E-state index contributed by atoms with van der Waals surface area (Å²) in [6, 6.07) is 0.221. The van der Waals surface area contributed by atoms with Crippen molar-refractivity contribution in [2.45, 2.75) is 58.1 Å². The number of thiazole rings is 1. The zero-order chi connectivity index (χ0) is 17.1. The van der Waals surface area contributed by atoms with E-state index in [9.17, 15) is 9.59 Å². The number of carbonyl (C=O) groups is 2. The molecule has 0 aromatic carbocycles. The van der Waals surface area contributed by atoms with Crippen LogP contribution < -0.4 is 5.32 Å². The lowest BCUT2D eigenvalue weighted by Gasteiger charge is -2.43. The van der Waals surface area contributed by atoms with E-state index in [2.05, 4.69) is 10.3 Å². The second-order valence-corrected chi connectivity index (χ2v) is 7.67. The van der Waals surface area contributed by atoms with E-state index in [-0.39, 0.29) is 36.3 Å². The summed E-state index contributed by atoms with van der Waals surface area (Å²) in [5.41, 5.74) is 0.725. The fraction of sp³-hybridized carbons (Fsp3) is 0.706. The van der Waals surface area contributed by atoms with E-state index in [0.29, 0.717) is 18.3 Å². The van der Waals surface area contributed by atoms with E-state index in [0.717, 1.165) is 25.0 Å². The summed E-state index contributed by atoms with van der Waals surface area (Å²) in [6.45, 7) is 4.97. The third-order valence-corrected chi connectivity index (χ3v) is 5.50. The lowest BCUT2D eigenvalue weighted by atomic mass is 9.90. The average Bonchev–Trinajstić information content (AvgIpc) is 3.01. The van der Waals surface area contributed by atoms with E-state index in [1.807, 2.05) is 24.1 Å². The molecule has 1 saturated carbocycles. The largest absolute Gasteiger partial charge is 0.374 e. The molecule has 0 bridgehead atoms. The minimum absolute atomic E-state index is 0.0551. The first-order valence-corrected chi connectivity index (χ1v) is 9.59. The molecule has 2 atom stereocenters. The Labute approximate surface area is 146 Å². The molecule has 0 radical (unpaired) electrons. The molecule has 0 spiro atoms. The first-order chi connectivity index (χ1) is 11.5. The fourth-order valence-corrected chi connectivity index (χ4v) is 4.07. The summed E-state index contributed by atoms with van der Waals surface area (Å²) in [4.78, 5) is 30.8. The van der Waals surface area contributed by atoms with Gasteiger partial charge in [-0.2, -0.15) is 0 Å². The van der Waals surface area contributed by atoms with Gasteiger partial charge >= 0.3 is 0 Å². The number of aromatic nitrogens is 1. The van der Waals surface area contributed by atoms with Crippen molar-refractivity contribution in [3.05, 3.63) is 11.1 Å². The topological polar surface area (TPSA) is 71.5 Å². The van der Waals surface area contributed by atoms with Gasteiger partial charge < -0.3 is 15.0 Å². The molecule has 6 nitrogen and oxygen atoms in total. The van der Waals surface area contributed by atoms with E-state index in [1.165, 1.54) is 17.8 Å². The van der Waals surface area contributed by atoms with Crippen LogP contribution in [-0.2, 0) is 20.7 Å². The molecule has 7 heteroatoms. The van der Waals surface area contributed by atoms with Gasteiger partial charge in [-0.05, 0) is 12.8 Å². The highest BCUT2D eigenvalue weighted by molar-refractivity contribution is 7.13. The fourth-order valence-electron chi connectivity index (χ4n) is 3.36. The Kier molecular flexibility index (Phi) is 5.50. The van der Waals surface area contributed by atoms with Crippen molar-refractivity contribution in [3.8, 4) is 0 Å². The van der Waals surface area contributed by atoms with Crippen LogP contribution in [0.2, 0.25) is 0 Å². The van der Waals surface area contributed by atoms with Gasteiger partial charge in [0, 0.05) is 17.8 Å². The first-order valence-electron chi connectivity index (χ1n) is 8.71. The van der Waals surface area contributed by atoms with Crippen molar-refractivity contribution in [3.63, 3.8) is 0 Å². The third-order valence-electron chi connectivity index (χ3n) is 4.69. The molecule has 132 valence electrons. The summed E-state index contributed by atoms with van der Waals surface area (Å²) in [5, 5.41) is 5.20. The van der Waals surface area contributed by atoms with Crippen LogP contribution in [0, 0.1) is 5.92 Å². The van der Waals surface area contributed by atoms with Gasteiger partial charge in [-0.3, -0.25) is 9.59 Å². The molecule has 24 heavy (non-hydrogen) atoms. The standard InChI is InChI=1S/C17H25N3O3S/c1-11(2)16(22)19-17-18-12(10-24-17)9-15(21)20-7-8-23-14-6-4-3-5-13(14)20/h10-11,13-14H,3-9H2,1-2H3,(H,18,19,22)/t13-,14+/m1/s1. The molecular weight excluding hydrogens is 326 g/mol. The summed E-state index contributed by atoms with van der Waals surface area (Å²) < 4.78 is 5.83. The Morgan fingerprint density at radius 3 is 3.00 bits per heavy atom. The molecule has 1 aliphatic carbocycles. The van der Waals surface area contributed by atoms with Gasteiger partial charge in [0.05, 0.1) is 30.9 Å². The molecule has 1 aromatic heterocycles. The highest BCUT2D eigenvalue weighted by Crippen LogP contribution is 2.29. The van der Waals surface area contributed by atoms with E-state index < -0.39 is 0 Å². The van der Waals surface area contributed by atoms with Crippen molar-refractivity contribution in [2.24, 2.45) is 5.92 Å². The summed E-state index contributed by atoms with van der Waals surface area (Å²) >= 11 is 1.37. The van der Waals surface area contributed by atoms with Crippen molar-refractivity contribution < 1.29 is 14.3 Å². The van der Waals surface area contributed by atoms with Crippen LogP contribution in [-0.4, -0.2) is 47.0 Å². The monoisotopic (exact) mass is 351 g/mol. The van der Waals surface area contributed by atoms with Gasteiger partial charge in [-0.1, -0.05) is 26.7 Å². The number of hydrogen-bond acceptors (Lipinski definition) is 5. The smallest absolute Gasteiger partial charge is 0.229 e. The minimum Gasteiger partial charge on any atom is -0.374 e. The van der Waals surface area contributed by atoms with Crippen molar-refractivity contribution in [2.75, 3.05) is 18.5 Å². The maximum atomic E-state index is 12.7. The Hall–Kier alpha value is -1.47. The summed E-state index contributed by atoms with van der Waals surface area (Å²) in [7, 11) is 0. The second kappa shape index (κ2) is 7.61. The Morgan fingerprint density at radius 2 is 2.21 bits per heavy atom. The lowest BCUT2D eigenvalue weighted by molar-refractivity contribution is -0.148. The molecule has 2 fully saturated rings. The molecule has 1 saturated heterocycles. The highest BCUT2D eigenvalue weighted by atomic mass is 32.1. The number of amides is 2. The number of nitrogens with zero attached hydrogens (tertiary/aromatic N) is 2. The predicted octanol–water partition coefficient (Wildman–Crippen LogP) is 2.45. The Bertz CT molecular complexity index is 600. The number of morpholine rings is 1. The van der Waals surface area contributed by atoms with Crippen LogP contribution in [0.4, 0.5) is 5.13 Å². The van der Waals surface area contributed by atoms with Crippen LogP contribution in [0.1, 0.15) is 45.2 Å². The highest BCUT2D eigenvalue weighted by Gasteiger charge is 2.36. The number of hydrogen-bond donors (Lipinski definition) is 1. The quantitative estimate of drug-likeness (QED) is 0.904. The zero-order valence-electron chi connectivity index (χ0n) is 14.3. The SMILES string of the molecule is CC(C)C(=O)Nc1nc(CC(=O)N2CCO[C@H]3CCCC[C@H]32)cs1. The Balaban J connectivity index is 1.60. The number of anilines is 1. The maximum absolute atomic E-state index is 12.7. The number of carbonyl (C=O) groups excluding carboxylic acids is 2. The minimum atomic E-state index is -0.0874. The van der Waals surface area contributed by atoms with Crippen molar-refractivity contribution >= 4 is 28.3 Å². The van der Waals surface area contributed by atoms with E-state index in [4.69, 9.17) is 4.74 Å². The summed E-state index contributed by atoms with van der Waals surface area (Å²) in [6.07, 6.45) is 4.93. The predicted molar refractivity (Wildman–Crippen MR) is 93.0 cm³/mol. The zero-order valence-corrected chi connectivity index (χ0v) is 15.1. The second-order valence-electron chi connectivity index (χ2n) is 6.81. The molecule has 1 aromatic rings. The van der Waals surface area contributed by atoms with Crippen LogP contribution in [0.15, 0.2) is 5.38 Å². The van der Waals surface area contributed by atoms with Crippen molar-refractivity contribution in [1.29, 1.82) is 0 Å². The van der Waals surface area contributed by atoms with Gasteiger partial charge in [0.25, 0.3) is 0 Å². The lowest BCUT2D eigenvalue weighted by Crippen LogP contribution is -2.55. The van der Waals surface area contributed by atoms with Crippen LogP contribution in [0.3, 0.4) is 0 Å². The Morgan fingerprint density at radius 1 is 1.42 bits per heavy atom. The normalized spacial score (nSPS) is 23.9. The first kappa shape index (κ1) is 17.4. The molecule has 2 aliphatic rings. The van der Waals surface area contributed by atoms with Gasteiger partial charge in [0.15, 0.2) is 5.13 Å². The molecule has 1 N–H and O–H groups in total.